The number of hydrogen-bond donors (Lipinski definition) is 1. The molecule has 0 aromatic heterocycles. The van der Waals surface area contributed by atoms with E-state index in [1.807, 2.05) is 13.8 Å². The molecule has 94 valence electrons. The molecule has 1 saturated heterocycles. The van der Waals surface area contributed by atoms with Crippen LogP contribution in [0.3, 0.4) is 0 Å². The Morgan fingerprint density at radius 2 is 2.19 bits per heavy atom. The van der Waals surface area contributed by atoms with Crippen molar-refractivity contribution in [1.29, 1.82) is 0 Å². The second-order valence-electron chi connectivity index (χ2n) is 5.13. The molecule has 0 amide bonds. The first-order valence-electron chi connectivity index (χ1n) is 6.01. The van der Waals surface area contributed by atoms with Gasteiger partial charge in [0.2, 0.25) is 0 Å². The molecule has 4 heteroatoms. The Hall–Kier alpha value is -0.610. The zero-order valence-electron chi connectivity index (χ0n) is 10.9. The third-order valence-corrected chi connectivity index (χ3v) is 3.40. The average molecular weight is 228 g/mol. The molecule has 1 aliphatic rings. The molecule has 1 N–H and O–H groups in total. The van der Waals surface area contributed by atoms with Crippen molar-refractivity contribution in [1.82, 2.24) is 10.2 Å². The number of carbonyl (C=O) groups is 1. The highest BCUT2D eigenvalue weighted by Crippen LogP contribution is 2.15. The quantitative estimate of drug-likeness (QED) is 0.729. The molecule has 0 radical (unpaired) electrons. The molecule has 0 aromatic carbocycles. The predicted molar refractivity (Wildman–Crippen MR) is 64.4 cm³/mol. The minimum atomic E-state index is -0.590. The Labute approximate surface area is 98.3 Å². The number of piperidine rings is 1. The van der Waals surface area contributed by atoms with Gasteiger partial charge in [0.15, 0.2) is 0 Å². The van der Waals surface area contributed by atoms with Gasteiger partial charge in [-0.2, -0.15) is 0 Å². The molecule has 1 aliphatic heterocycles. The molecule has 0 spiro atoms. The molecule has 16 heavy (non-hydrogen) atoms. The summed E-state index contributed by atoms with van der Waals surface area (Å²) in [5.74, 6) is -0.203. The Balaban J connectivity index is 2.40. The number of likely N-dealkylation sites (tertiary alicyclic amines) is 1. The normalized spacial score (nSPS) is 23.1. The summed E-state index contributed by atoms with van der Waals surface area (Å²) >= 11 is 0. The van der Waals surface area contributed by atoms with Crippen molar-refractivity contribution in [2.75, 3.05) is 27.2 Å². The molecule has 1 heterocycles. The lowest BCUT2D eigenvalue weighted by Gasteiger charge is -2.35. The summed E-state index contributed by atoms with van der Waals surface area (Å²) < 4.78 is 4.77. The number of carbonyl (C=O) groups excluding carboxylic acids is 1. The van der Waals surface area contributed by atoms with Crippen LogP contribution < -0.4 is 5.32 Å². The highest BCUT2D eigenvalue weighted by atomic mass is 16.5. The molecule has 0 aromatic rings. The summed E-state index contributed by atoms with van der Waals surface area (Å²) in [7, 11) is 3.58. The Morgan fingerprint density at radius 3 is 2.75 bits per heavy atom. The van der Waals surface area contributed by atoms with Gasteiger partial charge in [-0.3, -0.25) is 4.79 Å². The smallest absolute Gasteiger partial charge is 0.325 e. The average Bonchev–Trinajstić information content (AvgIpc) is 2.27. The van der Waals surface area contributed by atoms with Gasteiger partial charge in [0.25, 0.3) is 0 Å². The van der Waals surface area contributed by atoms with E-state index in [2.05, 4.69) is 17.3 Å². The first-order valence-corrected chi connectivity index (χ1v) is 6.01. The van der Waals surface area contributed by atoms with E-state index in [4.69, 9.17) is 4.74 Å². The summed E-state index contributed by atoms with van der Waals surface area (Å²) in [4.78, 5) is 13.9. The fourth-order valence-electron chi connectivity index (χ4n) is 2.10. The van der Waals surface area contributed by atoms with Gasteiger partial charge in [-0.05, 0) is 40.3 Å². The molecule has 4 nitrogen and oxygen atoms in total. The van der Waals surface area contributed by atoms with E-state index in [9.17, 15) is 4.79 Å². The number of likely N-dealkylation sites (N-methyl/N-ethyl adjacent to an activating group) is 1. The maximum absolute atomic E-state index is 11.5. The van der Waals surface area contributed by atoms with E-state index < -0.39 is 5.54 Å². The van der Waals surface area contributed by atoms with Gasteiger partial charge >= 0.3 is 5.97 Å². The molecular weight excluding hydrogens is 204 g/mol. The molecule has 0 aliphatic carbocycles. The van der Waals surface area contributed by atoms with Crippen LogP contribution in [-0.4, -0.2) is 49.7 Å². The Bertz CT molecular complexity index is 241. The molecule has 1 atom stereocenters. The van der Waals surface area contributed by atoms with Crippen molar-refractivity contribution >= 4 is 5.97 Å². The number of hydrogen-bond acceptors (Lipinski definition) is 4. The highest BCUT2D eigenvalue weighted by Gasteiger charge is 2.29. The zero-order valence-corrected chi connectivity index (χ0v) is 10.9. The van der Waals surface area contributed by atoms with Gasteiger partial charge < -0.3 is 15.0 Å². The van der Waals surface area contributed by atoms with Crippen LogP contribution in [0.5, 0.6) is 0 Å². The molecule has 0 bridgehead atoms. The fraction of sp³-hybridized carbons (Fsp3) is 0.917. The number of nitrogens with one attached hydrogen (secondary N) is 1. The lowest BCUT2D eigenvalue weighted by molar-refractivity contribution is -0.147. The number of nitrogens with zero attached hydrogens (tertiary/aromatic N) is 1. The zero-order chi connectivity index (χ0) is 12.2. The second-order valence-corrected chi connectivity index (χ2v) is 5.13. The van der Waals surface area contributed by atoms with Crippen molar-refractivity contribution in [2.24, 2.45) is 0 Å². The van der Waals surface area contributed by atoms with E-state index >= 15 is 0 Å². The third-order valence-electron chi connectivity index (χ3n) is 3.40. The van der Waals surface area contributed by atoms with E-state index in [0.29, 0.717) is 6.04 Å². The Morgan fingerprint density at radius 1 is 1.50 bits per heavy atom. The van der Waals surface area contributed by atoms with Crippen LogP contribution in [0.25, 0.3) is 0 Å². The maximum Gasteiger partial charge on any atom is 0.325 e. The van der Waals surface area contributed by atoms with Crippen molar-refractivity contribution in [3.63, 3.8) is 0 Å². The van der Waals surface area contributed by atoms with Crippen molar-refractivity contribution in [2.45, 2.75) is 44.7 Å². The monoisotopic (exact) mass is 228 g/mol. The van der Waals surface area contributed by atoms with E-state index in [1.165, 1.54) is 26.4 Å². The van der Waals surface area contributed by atoms with Crippen LogP contribution in [0.2, 0.25) is 0 Å². The summed E-state index contributed by atoms with van der Waals surface area (Å²) in [6.07, 6.45) is 3.78. The first kappa shape index (κ1) is 13.5. The lowest BCUT2D eigenvalue weighted by atomic mass is 10.0. The molecule has 0 saturated carbocycles. The van der Waals surface area contributed by atoms with E-state index in [0.717, 1.165) is 13.1 Å². The van der Waals surface area contributed by atoms with Gasteiger partial charge in [-0.25, -0.2) is 0 Å². The largest absolute Gasteiger partial charge is 0.468 e. The molecule has 1 unspecified atom stereocenters. The predicted octanol–water partition coefficient (Wildman–Crippen LogP) is 1.01. The van der Waals surface area contributed by atoms with Crippen molar-refractivity contribution in [3.05, 3.63) is 0 Å². The fourth-order valence-corrected chi connectivity index (χ4v) is 2.10. The van der Waals surface area contributed by atoms with Gasteiger partial charge in [0.05, 0.1) is 7.11 Å². The van der Waals surface area contributed by atoms with E-state index in [1.54, 1.807) is 0 Å². The molecule has 1 fully saturated rings. The summed E-state index contributed by atoms with van der Waals surface area (Å²) in [6.45, 7) is 5.73. The van der Waals surface area contributed by atoms with E-state index in [-0.39, 0.29) is 5.97 Å². The molecular formula is C12H24N2O2. The van der Waals surface area contributed by atoms with Crippen LogP contribution in [0.1, 0.15) is 33.1 Å². The first-order chi connectivity index (χ1) is 7.47. The van der Waals surface area contributed by atoms with Crippen LogP contribution >= 0.6 is 0 Å². The second kappa shape index (κ2) is 5.64. The van der Waals surface area contributed by atoms with Gasteiger partial charge in [0, 0.05) is 12.6 Å². The van der Waals surface area contributed by atoms with Gasteiger partial charge in [-0.1, -0.05) is 6.42 Å². The minimum absolute atomic E-state index is 0.203. The Kier molecular flexibility index (Phi) is 4.74. The number of rotatable bonds is 4. The van der Waals surface area contributed by atoms with Crippen LogP contribution in [-0.2, 0) is 9.53 Å². The maximum atomic E-state index is 11.5. The summed E-state index contributed by atoms with van der Waals surface area (Å²) in [5, 5.41) is 3.29. The number of methoxy groups -OCH3 is 1. The lowest BCUT2D eigenvalue weighted by Crippen LogP contribution is -2.53. The molecule has 1 rings (SSSR count). The van der Waals surface area contributed by atoms with Gasteiger partial charge in [0.1, 0.15) is 5.54 Å². The van der Waals surface area contributed by atoms with Gasteiger partial charge in [-0.15, -0.1) is 0 Å². The van der Waals surface area contributed by atoms with Crippen LogP contribution in [0, 0.1) is 0 Å². The number of ether oxygens (including phenoxy) is 1. The minimum Gasteiger partial charge on any atom is -0.468 e. The van der Waals surface area contributed by atoms with Crippen LogP contribution in [0.15, 0.2) is 0 Å². The standard InChI is InChI=1S/C12H24N2O2/c1-12(2,11(15)16-4)13-9-10-7-5-6-8-14(10)3/h10,13H,5-9H2,1-4H3. The SMILES string of the molecule is COC(=O)C(C)(C)NCC1CCCCN1C. The highest BCUT2D eigenvalue weighted by molar-refractivity contribution is 5.79. The van der Waals surface area contributed by atoms with Crippen molar-refractivity contribution < 1.29 is 9.53 Å². The van der Waals surface area contributed by atoms with Crippen LogP contribution in [0.4, 0.5) is 0 Å². The number of esters is 1. The third kappa shape index (κ3) is 3.46. The topological polar surface area (TPSA) is 41.6 Å². The van der Waals surface area contributed by atoms with Crippen molar-refractivity contribution in [3.8, 4) is 0 Å². The summed E-state index contributed by atoms with van der Waals surface area (Å²) in [5.41, 5.74) is -0.590. The summed E-state index contributed by atoms with van der Waals surface area (Å²) in [6, 6.07) is 0.540.